The number of aliphatic hydroxyl groups is 1. The molecule has 1 saturated heterocycles. The van der Waals surface area contributed by atoms with Crippen LogP contribution in [0.5, 0.6) is 5.75 Å². The molecule has 1 aromatic rings. The molecule has 4 nitrogen and oxygen atoms in total. The molecular weight excluding hydrogens is 240 g/mol. The zero-order chi connectivity index (χ0) is 13.5. The quantitative estimate of drug-likeness (QED) is 0.844. The highest BCUT2D eigenvalue weighted by Gasteiger charge is 2.23. The van der Waals surface area contributed by atoms with Crippen molar-refractivity contribution in [3.63, 3.8) is 0 Å². The Balaban J connectivity index is 2.20. The molecule has 19 heavy (non-hydrogen) atoms. The van der Waals surface area contributed by atoms with Crippen molar-refractivity contribution in [1.29, 1.82) is 0 Å². The van der Waals surface area contributed by atoms with Gasteiger partial charge in [0.25, 0.3) is 0 Å². The third-order valence-corrected chi connectivity index (χ3v) is 3.57. The van der Waals surface area contributed by atoms with E-state index in [1.54, 1.807) is 0 Å². The molecule has 0 saturated carbocycles. The molecule has 0 amide bonds. The summed E-state index contributed by atoms with van der Waals surface area (Å²) < 4.78 is 5.69. The summed E-state index contributed by atoms with van der Waals surface area (Å²) in [6, 6.07) is 8.06. The predicted molar refractivity (Wildman–Crippen MR) is 76.5 cm³/mol. The summed E-state index contributed by atoms with van der Waals surface area (Å²) in [4.78, 5) is 2.35. The fourth-order valence-corrected chi connectivity index (χ4v) is 2.63. The average Bonchev–Trinajstić information content (AvgIpc) is 2.71. The molecule has 1 aromatic carbocycles. The lowest BCUT2D eigenvalue weighted by Crippen LogP contribution is -2.34. The van der Waals surface area contributed by atoms with Gasteiger partial charge in [-0.2, -0.15) is 0 Å². The third-order valence-electron chi connectivity index (χ3n) is 3.57. The van der Waals surface area contributed by atoms with Crippen molar-refractivity contribution in [2.75, 3.05) is 39.4 Å². The number of hydrogen-bond donors (Lipinski definition) is 2. The maximum atomic E-state index is 9.80. The summed E-state index contributed by atoms with van der Waals surface area (Å²) in [5, 5.41) is 13.2. The maximum Gasteiger partial charge on any atom is 0.124 e. The average molecular weight is 264 g/mol. The van der Waals surface area contributed by atoms with Crippen LogP contribution in [0.25, 0.3) is 0 Å². The van der Waals surface area contributed by atoms with E-state index in [1.807, 2.05) is 25.1 Å². The van der Waals surface area contributed by atoms with Gasteiger partial charge in [-0.05, 0) is 26.0 Å². The first-order valence-corrected chi connectivity index (χ1v) is 7.14. The molecule has 0 aromatic heterocycles. The number of ether oxygens (including phenoxy) is 1. The van der Waals surface area contributed by atoms with Crippen LogP contribution in [-0.4, -0.2) is 49.4 Å². The Hall–Kier alpha value is -1.10. The Morgan fingerprint density at radius 1 is 1.32 bits per heavy atom. The normalized spacial score (nSPS) is 18.8. The van der Waals surface area contributed by atoms with E-state index in [-0.39, 0.29) is 12.6 Å². The van der Waals surface area contributed by atoms with Gasteiger partial charge < -0.3 is 15.2 Å². The first kappa shape index (κ1) is 14.3. The van der Waals surface area contributed by atoms with Gasteiger partial charge in [0.2, 0.25) is 0 Å². The minimum atomic E-state index is 0.0302. The highest BCUT2D eigenvalue weighted by atomic mass is 16.5. The smallest absolute Gasteiger partial charge is 0.124 e. The van der Waals surface area contributed by atoms with Crippen LogP contribution in [0.3, 0.4) is 0 Å². The minimum Gasteiger partial charge on any atom is -0.494 e. The molecular formula is C15H24N2O2. The molecule has 1 aliphatic heterocycles. The molecule has 1 heterocycles. The number of para-hydroxylation sites is 1. The molecule has 1 aliphatic rings. The molecule has 2 rings (SSSR count). The minimum absolute atomic E-state index is 0.0302. The van der Waals surface area contributed by atoms with E-state index in [2.05, 4.69) is 16.3 Å². The molecule has 0 radical (unpaired) electrons. The molecule has 1 atom stereocenters. The fourth-order valence-electron chi connectivity index (χ4n) is 2.63. The molecule has 106 valence electrons. The van der Waals surface area contributed by atoms with Crippen LogP contribution in [0.1, 0.15) is 24.9 Å². The van der Waals surface area contributed by atoms with Gasteiger partial charge in [-0.25, -0.2) is 0 Å². The highest BCUT2D eigenvalue weighted by molar-refractivity contribution is 5.36. The van der Waals surface area contributed by atoms with Gasteiger partial charge in [-0.1, -0.05) is 18.2 Å². The highest BCUT2D eigenvalue weighted by Crippen LogP contribution is 2.29. The van der Waals surface area contributed by atoms with Gasteiger partial charge in [0.05, 0.1) is 19.3 Å². The van der Waals surface area contributed by atoms with Gasteiger partial charge in [-0.3, -0.25) is 4.90 Å². The van der Waals surface area contributed by atoms with Crippen molar-refractivity contribution in [3.8, 4) is 5.75 Å². The van der Waals surface area contributed by atoms with E-state index < -0.39 is 0 Å². The van der Waals surface area contributed by atoms with Gasteiger partial charge in [-0.15, -0.1) is 0 Å². The summed E-state index contributed by atoms with van der Waals surface area (Å²) in [5.41, 5.74) is 1.09. The van der Waals surface area contributed by atoms with E-state index in [4.69, 9.17) is 4.74 Å². The molecule has 0 spiro atoms. The molecule has 1 unspecified atom stereocenters. The van der Waals surface area contributed by atoms with Gasteiger partial charge in [0.1, 0.15) is 5.75 Å². The topological polar surface area (TPSA) is 44.7 Å². The zero-order valence-corrected chi connectivity index (χ0v) is 11.6. The van der Waals surface area contributed by atoms with Crippen molar-refractivity contribution >= 4 is 0 Å². The Labute approximate surface area is 115 Å². The SMILES string of the molecule is CCOc1ccccc1C(CO)N1CCCNCC1. The Kier molecular flexibility index (Phi) is 5.63. The van der Waals surface area contributed by atoms with E-state index in [0.29, 0.717) is 6.61 Å². The number of benzene rings is 1. The lowest BCUT2D eigenvalue weighted by Gasteiger charge is -2.30. The van der Waals surface area contributed by atoms with Crippen LogP contribution in [0.4, 0.5) is 0 Å². The van der Waals surface area contributed by atoms with Crippen LogP contribution < -0.4 is 10.1 Å². The first-order chi connectivity index (χ1) is 9.36. The summed E-state index contributed by atoms with van der Waals surface area (Å²) in [6.45, 7) is 6.78. The van der Waals surface area contributed by atoms with E-state index >= 15 is 0 Å². The predicted octanol–water partition coefficient (Wildman–Crippen LogP) is 1.41. The summed E-state index contributed by atoms with van der Waals surface area (Å²) in [7, 11) is 0. The Morgan fingerprint density at radius 3 is 2.95 bits per heavy atom. The summed E-state index contributed by atoms with van der Waals surface area (Å²) >= 11 is 0. The van der Waals surface area contributed by atoms with Crippen molar-refractivity contribution in [1.82, 2.24) is 10.2 Å². The second-order valence-corrected chi connectivity index (χ2v) is 4.81. The standard InChI is InChI=1S/C15H24N2O2/c1-2-19-15-7-4-3-6-13(15)14(12-18)17-10-5-8-16-9-11-17/h3-4,6-7,14,16,18H,2,5,8-12H2,1H3. The van der Waals surface area contributed by atoms with Gasteiger partial charge in [0, 0.05) is 25.2 Å². The Bertz CT molecular complexity index is 376. The Morgan fingerprint density at radius 2 is 2.16 bits per heavy atom. The number of rotatable bonds is 5. The second kappa shape index (κ2) is 7.48. The zero-order valence-electron chi connectivity index (χ0n) is 11.6. The molecule has 0 aliphatic carbocycles. The molecule has 1 fully saturated rings. The van der Waals surface area contributed by atoms with Crippen LogP contribution in [0.15, 0.2) is 24.3 Å². The second-order valence-electron chi connectivity index (χ2n) is 4.81. The van der Waals surface area contributed by atoms with E-state index in [0.717, 1.165) is 43.9 Å². The van der Waals surface area contributed by atoms with Crippen LogP contribution in [0, 0.1) is 0 Å². The van der Waals surface area contributed by atoms with Gasteiger partial charge in [0.15, 0.2) is 0 Å². The number of hydrogen-bond acceptors (Lipinski definition) is 4. The third kappa shape index (κ3) is 3.69. The van der Waals surface area contributed by atoms with Crippen LogP contribution in [0.2, 0.25) is 0 Å². The summed E-state index contributed by atoms with van der Waals surface area (Å²) in [5.74, 6) is 0.890. The fraction of sp³-hybridized carbons (Fsp3) is 0.600. The van der Waals surface area contributed by atoms with Crippen molar-refractivity contribution in [3.05, 3.63) is 29.8 Å². The largest absolute Gasteiger partial charge is 0.494 e. The van der Waals surface area contributed by atoms with Crippen molar-refractivity contribution in [2.45, 2.75) is 19.4 Å². The number of nitrogens with one attached hydrogen (secondary N) is 1. The van der Waals surface area contributed by atoms with E-state index in [9.17, 15) is 5.11 Å². The van der Waals surface area contributed by atoms with Gasteiger partial charge >= 0.3 is 0 Å². The number of nitrogens with zero attached hydrogens (tertiary/aromatic N) is 1. The van der Waals surface area contributed by atoms with Crippen LogP contribution in [-0.2, 0) is 0 Å². The molecule has 2 N–H and O–H groups in total. The first-order valence-electron chi connectivity index (χ1n) is 7.14. The lowest BCUT2D eigenvalue weighted by atomic mass is 10.0. The summed E-state index contributed by atoms with van der Waals surface area (Å²) in [6.07, 6.45) is 1.12. The monoisotopic (exact) mass is 264 g/mol. The van der Waals surface area contributed by atoms with Crippen LogP contribution >= 0.6 is 0 Å². The van der Waals surface area contributed by atoms with Crippen molar-refractivity contribution in [2.24, 2.45) is 0 Å². The number of aliphatic hydroxyl groups excluding tert-OH is 1. The molecule has 0 bridgehead atoms. The maximum absolute atomic E-state index is 9.80. The van der Waals surface area contributed by atoms with E-state index in [1.165, 1.54) is 0 Å². The lowest BCUT2D eigenvalue weighted by molar-refractivity contribution is 0.127. The van der Waals surface area contributed by atoms with Crippen molar-refractivity contribution < 1.29 is 9.84 Å². The molecule has 4 heteroatoms.